The Kier molecular flexibility index (Phi) is 2.54. The predicted octanol–water partition coefficient (Wildman–Crippen LogP) is -1.55. The molecule has 7 heteroatoms. The van der Waals surface area contributed by atoms with Crippen molar-refractivity contribution >= 4 is 17.8 Å². The van der Waals surface area contributed by atoms with Crippen LogP contribution in [0.2, 0.25) is 0 Å². The fourth-order valence-corrected chi connectivity index (χ4v) is 1.25. The molecule has 4 amide bonds. The molecule has 14 heavy (non-hydrogen) atoms. The van der Waals surface area contributed by atoms with Crippen molar-refractivity contribution in [1.29, 1.82) is 0 Å². The summed E-state index contributed by atoms with van der Waals surface area (Å²) in [5, 5.41) is 18.5. The number of hydrogen-bond donors (Lipinski definition) is 2. The standard InChI is InChI=1S/C7H10N2O5/c1-3(10)8-5(12)6(13)9(4(2)11)7(8)14/h5-6,12-13H,1-2H3/t5-,6-/m0/s1. The van der Waals surface area contributed by atoms with E-state index in [1.807, 2.05) is 0 Å². The average Bonchev–Trinajstić information content (AvgIpc) is 2.23. The van der Waals surface area contributed by atoms with Crippen LogP contribution in [0.25, 0.3) is 0 Å². The van der Waals surface area contributed by atoms with Crippen LogP contribution >= 0.6 is 0 Å². The number of carbonyl (C=O) groups is 3. The van der Waals surface area contributed by atoms with Crippen LogP contribution in [0.15, 0.2) is 0 Å². The van der Waals surface area contributed by atoms with Gasteiger partial charge in [0, 0.05) is 13.8 Å². The molecule has 0 unspecified atom stereocenters. The number of rotatable bonds is 0. The van der Waals surface area contributed by atoms with Crippen molar-refractivity contribution in [2.45, 2.75) is 26.3 Å². The molecule has 0 aromatic rings. The normalized spacial score (nSPS) is 27.0. The molecule has 1 fully saturated rings. The van der Waals surface area contributed by atoms with E-state index in [1.165, 1.54) is 0 Å². The molecule has 2 atom stereocenters. The highest BCUT2D eigenvalue weighted by Crippen LogP contribution is 2.19. The average molecular weight is 202 g/mol. The molecule has 0 aromatic heterocycles. The lowest BCUT2D eigenvalue weighted by molar-refractivity contribution is -0.143. The largest absolute Gasteiger partial charge is 0.369 e. The summed E-state index contributed by atoms with van der Waals surface area (Å²) in [6.45, 7) is 2.11. The molecule has 1 heterocycles. The molecule has 0 aliphatic carbocycles. The van der Waals surface area contributed by atoms with Crippen LogP contribution in [0.3, 0.4) is 0 Å². The topological polar surface area (TPSA) is 98.2 Å². The summed E-state index contributed by atoms with van der Waals surface area (Å²) in [6, 6.07) is -1.01. The summed E-state index contributed by atoms with van der Waals surface area (Å²) in [5.74, 6) is -1.46. The third kappa shape index (κ3) is 1.36. The Labute approximate surface area is 79.5 Å². The highest BCUT2D eigenvalue weighted by Gasteiger charge is 2.48. The van der Waals surface area contributed by atoms with Gasteiger partial charge in [-0.1, -0.05) is 0 Å². The van der Waals surface area contributed by atoms with Crippen LogP contribution in [0.1, 0.15) is 13.8 Å². The van der Waals surface area contributed by atoms with Gasteiger partial charge in [-0.15, -0.1) is 0 Å². The first-order valence-corrected chi connectivity index (χ1v) is 3.87. The van der Waals surface area contributed by atoms with Gasteiger partial charge < -0.3 is 10.2 Å². The monoisotopic (exact) mass is 202 g/mol. The van der Waals surface area contributed by atoms with E-state index < -0.39 is 30.3 Å². The summed E-state index contributed by atoms with van der Waals surface area (Å²) < 4.78 is 0. The molecule has 0 saturated carbocycles. The second-order valence-corrected chi connectivity index (χ2v) is 2.89. The number of carbonyl (C=O) groups excluding carboxylic acids is 3. The molecule has 1 saturated heterocycles. The van der Waals surface area contributed by atoms with Gasteiger partial charge in [0.05, 0.1) is 0 Å². The van der Waals surface area contributed by atoms with Crippen LogP contribution < -0.4 is 0 Å². The molecule has 1 aliphatic rings. The van der Waals surface area contributed by atoms with Gasteiger partial charge in [0.1, 0.15) is 0 Å². The quantitative estimate of drug-likeness (QED) is 0.495. The van der Waals surface area contributed by atoms with Crippen molar-refractivity contribution in [1.82, 2.24) is 9.80 Å². The Balaban J connectivity index is 3.02. The number of urea groups is 1. The van der Waals surface area contributed by atoms with Crippen molar-refractivity contribution in [2.24, 2.45) is 0 Å². The van der Waals surface area contributed by atoms with Crippen LogP contribution in [-0.4, -0.2) is 50.3 Å². The lowest BCUT2D eigenvalue weighted by Crippen LogP contribution is -2.39. The van der Waals surface area contributed by atoms with Crippen LogP contribution in [0, 0.1) is 0 Å². The van der Waals surface area contributed by atoms with Crippen LogP contribution in [-0.2, 0) is 9.59 Å². The lowest BCUT2D eigenvalue weighted by Gasteiger charge is -2.14. The minimum atomic E-state index is -1.69. The number of amides is 4. The molecular weight excluding hydrogens is 192 g/mol. The number of imide groups is 2. The summed E-state index contributed by atoms with van der Waals surface area (Å²) in [4.78, 5) is 33.9. The van der Waals surface area contributed by atoms with Gasteiger partial charge in [-0.2, -0.15) is 0 Å². The molecule has 0 bridgehead atoms. The first-order valence-electron chi connectivity index (χ1n) is 3.87. The van der Waals surface area contributed by atoms with E-state index in [4.69, 9.17) is 0 Å². The van der Waals surface area contributed by atoms with Gasteiger partial charge in [-0.05, 0) is 0 Å². The number of nitrogens with zero attached hydrogens (tertiary/aromatic N) is 2. The Morgan fingerprint density at radius 2 is 1.36 bits per heavy atom. The Bertz CT molecular complexity index is 274. The van der Waals surface area contributed by atoms with Crippen molar-refractivity contribution in [2.75, 3.05) is 0 Å². The van der Waals surface area contributed by atoms with Crippen LogP contribution in [0.4, 0.5) is 4.79 Å². The fraction of sp³-hybridized carbons (Fsp3) is 0.571. The Morgan fingerprint density at radius 1 is 1.07 bits per heavy atom. The van der Waals surface area contributed by atoms with Crippen molar-refractivity contribution in [3.63, 3.8) is 0 Å². The smallest absolute Gasteiger partial charge is 0.338 e. The maximum atomic E-state index is 11.3. The molecule has 0 aromatic carbocycles. The van der Waals surface area contributed by atoms with Crippen molar-refractivity contribution < 1.29 is 24.6 Å². The van der Waals surface area contributed by atoms with E-state index in [-0.39, 0.29) is 0 Å². The van der Waals surface area contributed by atoms with E-state index in [9.17, 15) is 24.6 Å². The lowest BCUT2D eigenvalue weighted by atomic mass is 10.4. The van der Waals surface area contributed by atoms with Gasteiger partial charge in [-0.25, -0.2) is 14.6 Å². The summed E-state index contributed by atoms with van der Waals surface area (Å²) in [7, 11) is 0. The molecule has 1 rings (SSSR count). The van der Waals surface area contributed by atoms with E-state index in [0.717, 1.165) is 13.8 Å². The third-order valence-electron chi connectivity index (χ3n) is 1.89. The zero-order valence-electron chi connectivity index (χ0n) is 7.67. The molecule has 1 aliphatic heterocycles. The van der Waals surface area contributed by atoms with E-state index >= 15 is 0 Å². The number of aliphatic hydroxyl groups is 2. The molecule has 0 radical (unpaired) electrons. The Morgan fingerprint density at radius 3 is 1.50 bits per heavy atom. The van der Waals surface area contributed by atoms with E-state index in [2.05, 4.69) is 0 Å². The minimum Gasteiger partial charge on any atom is -0.369 e. The summed E-state index contributed by atoms with van der Waals surface area (Å²) in [6.07, 6.45) is -3.38. The molecule has 78 valence electrons. The minimum absolute atomic E-state index is 0.423. The zero-order chi connectivity index (χ0) is 11.0. The van der Waals surface area contributed by atoms with Crippen molar-refractivity contribution in [3.8, 4) is 0 Å². The summed E-state index contributed by atoms with van der Waals surface area (Å²) in [5.41, 5.74) is 0. The van der Waals surface area contributed by atoms with Gasteiger partial charge in [0.25, 0.3) is 0 Å². The SMILES string of the molecule is CC(=O)N1C(=O)N(C(C)=O)[C@@H](O)[C@@H]1O. The Hall–Kier alpha value is -1.47. The van der Waals surface area contributed by atoms with E-state index in [1.54, 1.807) is 0 Å². The van der Waals surface area contributed by atoms with Crippen LogP contribution in [0.5, 0.6) is 0 Å². The fourth-order valence-electron chi connectivity index (χ4n) is 1.25. The van der Waals surface area contributed by atoms with Gasteiger partial charge in [0.15, 0.2) is 12.5 Å². The molecule has 2 N–H and O–H groups in total. The van der Waals surface area contributed by atoms with Gasteiger partial charge in [-0.3, -0.25) is 9.59 Å². The first-order chi connectivity index (χ1) is 6.37. The predicted molar refractivity (Wildman–Crippen MR) is 42.4 cm³/mol. The molecular formula is C7H10N2O5. The zero-order valence-corrected chi connectivity index (χ0v) is 7.67. The highest BCUT2D eigenvalue weighted by molar-refractivity contribution is 6.03. The van der Waals surface area contributed by atoms with Crippen molar-refractivity contribution in [3.05, 3.63) is 0 Å². The van der Waals surface area contributed by atoms with Gasteiger partial charge in [0.2, 0.25) is 11.8 Å². The first kappa shape index (κ1) is 10.6. The molecule has 7 nitrogen and oxygen atoms in total. The summed E-state index contributed by atoms with van der Waals surface area (Å²) >= 11 is 0. The van der Waals surface area contributed by atoms with E-state index in [0.29, 0.717) is 9.80 Å². The maximum absolute atomic E-state index is 11.3. The highest BCUT2D eigenvalue weighted by atomic mass is 16.4. The maximum Gasteiger partial charge on any atom is 0.338 e. The third-order valence-corrected chi connectivity index (χ3v) is 1.89. The second kappa shape index (κ2) is 3.35. The number of aliphatic hydroxyl groups excluding tert-OH is 2. The second-order valence-electron chi connectivity index (χ2n) is 2.89. The number of hydrogen-bond acceptors (Lipinski definition) is 5. The van der Waals surface area contributed by atoms with Gasteiger partial charge >= 0.3 is 6.03 Å². The molecule has 0 spiro atoms.